The Morgan fingerprint density at radius 1 is 1.05 bits per heavy atom. The Kier molecular flexibility index (Phi) is 8.98. The van der Waals surface area contributed by atoms with Gasteiger partial charge in [-0.3, -0.25) is 9.59 Å². The van der Waals surface area contributed by atoms with Gasteiger partial charge in [-0.05, 0) is 44.7 Å². The molecular weight excluding hydrogens is 522 g/mol. The summed E-state index contributed by atoms with van der Waals surface area (Å²) in [7, 11) is -3.67. The zero-order chi connectivity index (χ0) is 27.3. The maximum Gasteiger partial charge on any atom is 0.316 e. The van der Waals surface area contributed by atoms with E-state index in [-0.39, 0.29) is 62.5 Å². The number of carbonyl (C=O) groups excluding carboxylic acids is 1. The molecule has 13 heteroatoms. The smallest absolute Gasteiger partial charge is 0.316 e. The summed E-state index contributed by atoms with van der Waals surface area (Å²) in [6.45, 7) is 2.66. The fraction of sp³-hybridized carbons (Fsp3) is 0.560. The van der Waals surface area contributed by atoms with E-state index in [2.05, 4.69) is 5.10 Å². The Bertz CT molecular complexity index is 1290. The Labute approximate surface area is 220 Å². The van der Waals surface area contributed by atoms with Crippen LogP contribution in [-0.4, -0.2) is 73.1 Å². The van der Waals surface area contributed by atoms with Gasteiger partial charge in [-0.15, -0.1) is 0 Å². The summed E-state index contributed by atoms with van der Waals surface area (Å²) in [6, 6.07) is 2.74. The van der Waals surface area contributed by atoms with E-state index < -0.39 is 33.2 Å². The number of rotatable bonds is 9. The largest absolute Gasteiger partial charge is 0.483 e. The summed E-state index contributed by atoms with van der Waals surface area (Å²) in [5, 5.41) is 4.16. The minimum absolute atomic E-state index is 0.0233. The molecule has 2 heterocycles. The predicted molar refractivity (Wildman–Crippen MR) is 136 cm³/mol. The molecule has 10 nitrogen and oxygen atoms in total. The topological polar surface area (TPSA) is 111 Å². The highest BCUT2D eigenvalue weighted by Crippen LogP contribution is 2.30. The first-order chi connectivity index (χ1) is 18.2. The molecule has 0 unspecified atom stereocenters. The molecule has 1 aliphatic heterocycles. The molecule has 1 aromatic carbocycles. The van der Waals surface area contributed by atoms with Gasteiger partial charge in [0.1, 0.15) is 17.3 Å². The number of esters is 1. The van der Waals surface area contributed by atoms with Crippen molar-refractivity contribution in [2.75, 3.05) is 43.4 Å². The second kappa shape index (κ2) is 12.2. The Balaban J connectivity index is 1.57. The molecule has 4 rings (SSSR count). The van der Waals surface area contributed by atoms with Crippen molar-refractivity contribution < 1.29 is 31.5 Å². The summed E-state index contributed by atoms with van der Waals surface area (Å²) in [4.78, 5) is 26.9. The number of piperazine rings is 1. The van der Waals surface area contributed by atoms with Gasteiger partial charge in [0.25, 0.3) is 0 Å². The number of hydrogen-bond acceptors (Lipinski definition) is 8. The van der Waals surface area contributed by atoms with Crippen LogP contribution >= 0.6 is 0 Å². The van der Waals surface area contributed by atoms with Gasteiger partial charge in [0.2, 0.25) is 15.8 Å². The number of halogens is 2. The van der Waals surface area contributed by atoms with Crippen molar-refractivity contribution in [1.29, 1.82) is 0 Å². The van der Waals surface area contributed by atoms with Crippen LogP contribution in [-0.2, 0) is 19.6 Å². The molecule has 1 aliphatic carbocycles. The summed E-state index contributed by atoms with van der Waals surface area (Å²) >= 11 is 0. The van der Waals surface area contributed by atoms with Crippen LogP contribution < -0.4 is 15.2 Å². The minimum Gasteiger partial charge on any atom is -0.483 e. The van der Waals surface area contributed by atoms with Gasteiger partial charge in [-0.25, -0.2) is 17.2 Å². The molecule has 2 aromatic rings. The predicted octanol–water partition coefficient (Wildman–Crippen LogP) is 2.63. The van der Waals surface area contributed by atoms with E-state index in [1.54, 1.807) is 6.92 Å². The van der Waals surface area contributed by atoms with E-state index in [1.807, 2.05) is 4.90 Å². The van der Waals surface area contributed by atoms with Crippen molar-refractivity contribution in [2.24, 2.45) is 0 Å². The average Bonchev–Trinajstić information content (AvgIpc) is 2.89. The van der Waals surface area contributed by atoms with Crippen molar-refractivity contribution >= 4 is 21.7 Å². The third kappa shape index (κ3) is 6.68. The molecule has 0 N–H and O–H groups in total. The number of anilines is 1. The van der Waals surface area contributed by atoms with Crippen LogP contribution in [0.3, 0.4) is 0 Å². The van der Waals surface area contributed by atoms with Crippen molar-refractivity contribution in [3.63, 3.8) is 0 Å². The molecule has 0 bridgehead atoms. The number of nitrogens with zero attached hydrogens (tertiary/aromatic N) is 4. The zero-order valence-corrected chi connectivity index (χ0v) is 22.1. The first-order valence-corrected chi connectivity index (χ1v) is 14.4. The van der Waals surface area contributed by atoms with Crippen LogP contribution in [0.25, 0.3) is 5.69 Å². The maximum atomic E-state index is 13.9. The van der Waals surface area contributed by atoms with E-state index in [0.717, 1.165) is 48.9 Å². The number of benzene rings is 1. The summed E-state index contributed by atoms with van der Waals surface area (Å²) in [6.07, 6.45) is 5.59. The van der Waals surface area contributed by atoms with Crippen LogP contribution in [0.1, 0.15) is 45.4 Å². The lowest BCUT2D eigenvalue weighted by Gasteiger charge is -2.36. The quantitative estimate of drug-likeness (QED) is 0.435. The molecule has 1 aromatic heterocycles. The SMILES string of the molecule is CCOC(=O)CCS(=O)(=O)N1CCN(c2cnn(-c3cc(F)cc(F)c3)c(=O)c2OC2CCCCC2)CC1. The molecule has 1 saturated heterocycles. The third-order valence-electron chi connectivity index (χ3n) is 6.69. The second-order valence-electron chi connectivity index (χ2n) is 9.34. The number of carbonyl (C=O) groups is 1. The van der Waals surface area contributed by atoms with Gasteiger partial charge in [-0.1, -0.05) is 6.42 Å². The van der Waals surface area contributed by atoms with Gasteiger partial charge in [-0.2, -0.15) is 14.1 Å². The molecule has 0 radical (unpaired) electrons. The summed E-state index contributed by atoms with van der Waals surface area (Å²) < 4.78 is 66.4. The van der Waals surface area contributed by atoms with Gasteiger partial charge < -0.3 is 14.4 Å². The molecule has 38 heavy (non-hydrogen) atoms. The van der Waals surface area contributed by atoms with Crippen LogP contribution in [0.2, 0.25) is 0 Å². The number of hydrogen-bond donors (Lipinski definition) is 0. The lowest BCUT2D eigenvalue weighted by atomic mass is 9.98. The van der Waals surface area contributed by atoms with E-state index in [4.69, 9.17) is 9.47 Å². The number of ether oxygens (including phenoxy) is 2. The van der Waals surface area contributed by atoms with Crippen LogP contribution in [0.5, 0.6) is 5.75 Å². The highest BCUT2D eigenvalue weighted by Gasteiger charge is 2.30. The van der Waals surface area contributed by atoms with Gasteiger partial charge in [0, 0.05) is 32.2 Å². The van der Waals surface area contributed by atoms with Crippen LogP contribution in [0.15, 0.2) is 29.2 Å². The van der Waals surface area contributed by atoms with Gasteiger partial charge >= 0.3 is 11.5 Å². The molecule has 0 atom stereocenters. The lowest BCUT2D eigenvalue weighted by Crippen LogP contribution is -2.50. The Morgan fingerprint density at radius 2 is 1.71 bits per heavy atom. The van der Waals surface area contributed by atoms with E-state index in [9.17, 15) is 26.8 Å². The fourth-order valence-electron chi connectivity index (χ4n) is 4.74. The van der Waals surface area contributed by atoms with Crippen molar-refractivity contribution in [1.82, 2.24) is 14.1 Å². The molecule has 0 spiro atoms. The third-order valence-corrected chi connectivity index (χ3v) is 8.56. The first-order valence-electron chi connectivity index (χ1n) is 12.8. The van der Waals surface area contributed by atoms with Crippen LogP contribution in [0, 0.1) is 11.6 Å². The van der Waals surface area contributed by atoms with Crippen molar-refractivity contribution in [3.05, 3.63) is 46.4 Å². The van der Waals surface area contributed by atoms with Crippen molar-refractivity contribution in [2.45, 2.75) is 51.6 Å². The highest BCUT2D eigenvalue weighted by atomic mass is 32.2. The van der Waals surface area contributed by atoms with E-state index in [0.29, 0.717) is 11.8 Å². The lowest BCUT2D eigenvalue weighted by molar-refractivity contribution is -0.142. The second-order valence-corrected chi connectivity index (χ2v) is 11.4. The molecule has 0 amide bonds. The summed E-state index contributed by atoms with van der Waals surface area (Å²) in [5.41, 5.74) is -0.315. The number of aromatic nitrogens is 2. The normalized spacial score (nSPS) is 17.4. The summed E-state index contributed by atoms with van der Waals surface area (Å²) in [5.74, 6) is -2.57. The average molecular weight is 555 g/mol. The van der Waals surface area contributed by atoms with E-state index >= 15 is 0 Å². The fourth-order valence-corrected chi connectivity index (χ4v) is 6.14. The minimum atomic E-state index is -3.67. The monoisotopic (exact) mass is 554 g/mol. The number of sulfonamides is 1. The zero-order valence-electron chi connectivity index (χ0n) is 21.3. The van der Waals surface area contributed by atoms with Crippen molar-refractivity contribution in [3.8, 4) is 11.4 Å². The Hall–Kier alpha value is -3.06. The molecule has 2 aliphatic rings. The molecular formula is C25H32F2N4O6S. The molecule has 2 fully saturated rings. The standard InChI is InChI=1S/C25H32F2N4O6S/c1-2-36-23(32)8-13-38(34,35)30-11-9-29(10-12-30)22-17-28-31(20-15-18(26)14-19(27)16-20)25(33)24(22)37-21-6-4-3-5-7-21/h14-17,21H,2-13H2,1H3. The van der Waals surface area contributed by atoms with Crippen LogP contribution in [0.4, 0.5) is 14.5 Å². The molecule has 1 saturated carbocycles. The van der Waals surface area contributed by atoms with Gasteiger partial charge in [0.05, 0.1) is 36.8 Å². The molecule has 208 valence electrons. The maximum absolute atomic E-state index is 13.9. The Morgan fingerprint density at radius 3 is 2.34 bits per heavy atom. The van der Waals surface area contributed by atoms with E-state index in [1.165, 1.54) is 10.5 Å². The van der Waals surface area contributed by atoms with Gasteiger partial charge in [0.15, 0.2) is 0 Å². The first kappa shape index (κ1) is 28.0. The highest BCUT2D eigenvalue weighted by molar-refractivity contribution is 7.89.